The first-order valence-electron chi connectivity index (χ1n) is 8.47. The average molecular weight is 407 g/mol. The third-order valence-electron chi connectivity index (χ3n) is 4.63. The van der Waals surface area contributed by atoms with E-state index in [0.29, 0.717) is 11.3 Å². The third-order valence-corrected chi connectivity index (χ3v) is 6.36. The Hall–Kier alpha value is -2.79. The minimum Gasteiger partial charge on any atom is -0.497 e. The summed E-state index contributed by atoms with van der Waals surface area (Å²) in [6, 6.07) is 6.91. The van der Waals surface area contributed by atoms with Crippen molar-refractivity contribution in [2.75, 3.05) is 20.2 Å². The second-order valence-corrected chi connectivity index (χ2v) is 8.47. The van der Waals surface area contributed by atoms with Gasteiger partial charge < -0.3 is 13.8 Å². The molecule has 1 fully saturated rings. The van der Waals surface area contributed by atoms with Crippen LogP contribution in [0, 0.1) is 0 Å². The minimum absolute atomic E-state index is 0.00431. The molecular weight excluding hydrogens is 389 g/mol. The number of sulfonamides is 1. The summed E-state index contributed by atoms with van der Waals surface area (Å²) in [6.07, 6.45) is 2.68. The number of nitrogens with zero attached hydrogens (tertiary/aromatic N) is 5. The summed E-state index contributed by atoms with van der Waals surface area (Å²) in [5.41, 5.74) is -1.42. The normalized spacial score (nSPS) is 20.5. The highest BCUT2D eigenvalue weighted by atomic mass is 32.2. The van der Waals surface area contributed by atoms with Crippen LogP contribution >= 0.6 is 0 Å². The smallest absolute Gasteiger partial charge is 0.266 e. The van der Waals surface area contributed by atoms with Crippen molar-refractivity contribution in [1.29, 1.82) is 0 Å². The molecule has 1 aromatic carbocycles. The molecule has 0 amide bonds. The highest BCUT2D eigenvalue weighted by molar-refractivity contribution is 7.89. The molecule has 1 atom stereocenters. The topological polar surface area (TPSA) is 103 Å². The molecule has 1 saturated heterocycles. The van der Waals surface area contributed by atoms with Crippen molar-refractivity contribution in [3.8, 4) is 17.1 Å². The van der Waals surface area contributed by atoms with Crippen molar-refractivity contribution in [2.24, 2.45) is 7.05 Å². The molecule has 0 spiro atoms. The standard InChI is InChI=1S/C17H18FN5O4S/c1-22-9-14(19-11-22)28(24,25)23-8-7-17(18,10-23)16-20-15(21-27-16)12-3-5-13(26-2)6-4-12/h3-6,9,11H,7-8,10H2,1-2H3. The molecular formula is C17H18FN5O4S. The molecule has 0 saturated carbocycles. The molecule has 11 heteroatoms. The quantitative estimate of drug-likeness (QED) is 0.635. The van der Waals surface area contributed by atoms with Crippen molar-refractivity contribution in [3.63, 3.8) is 0 Å². The second-order valence-electron chi connectivity index (χ2n) is 6.58. The van der Waals surface area contributed by atoms with Crippen molar-refractivity contribution < 1.29 is 22.1 Å². The summed E-state index contributed by atoms with van der Waals surface area (Å²) in [5.74, 6) is 0.651. The number of alkyl halides is 1. The number of hydrogen-bond donors (Lipinski definition) is 0. The molecule has 1 aliphatic heterocycles. The van der Waals surface area contributed by atoms with Gasteiger partial charge in [0.15, 0.2) is 5.03 Å². The van der Waals surface area contributed by atoms with Gasteiger partial charge in [0.2, 0.25) is 11.5 Å². The van der Waals surface area contributed by atoms with E-state index in [0.717, 1.165) is 4.31 Å². The summed E-state index contributed by atoms with van der Waals surface area (Å²) in [4.78, 5) is 8.01. The van der Waals surface area contributed by atoms with E-state index in [2.05, 4.69) is 15.1 Å². The van der Waals surface area contributed by atoms with Gasteiger partial charge in [-0.2, -0.15) is 9.29 Å². The van der Waals surface area contributed by atoms with Crippen LogP contribution in [0.5, 0.6) is 5.75 Å². The largest absolute Gasteiger partial charge is 0.497 e. The van der Waals surface area contributed by atoms with Crippen LogP contribution in [-0.4, -0.2) is 52.6 Å². The van der Waals surface area contributed by atoms with Gasteiger partial charge in [0, 0.05) is 31.8 Å². The Morgan fingerprint density at radius 2 is 2.04 bits per heavy atom. The molecule has 3 heterocycles. The first-order chi connectivity index (χ1) is 13.3. The first-order valence-corrected chi connectivity index (χ1v) is 9.91. The van der Waals surface area contributed by atoms with Gasteiger partial charge in [0.05, 0.1) is 20.0 Å². The van der Waals surface area contributed by atoms with Gasteiger partial charge in [-0.15, -0.1) is 0 Å². The SMILES string of the molecule is COc1ccc(-c2noc(C3(F)CCN(S(=O)(=O)c4cn(C)cn4)C3)n2)cc1. The van der Waals surface area contributed by atoms with Gasteiger partial charge in [0.25, 0.3) is 15.9 Å². The number of methoxy groups -OCH3 is 1. The Labute approximate surface area is 160 Å². The molecule has 0 N–H and O–H groups in total. The van der Waals surface area contributed by atoms with Crippen LogP contribution in [0.3, 0.4) is 0 Å². The van der Waals surface area contributed by atoms with E-state index in [9.17, 15) is 8.42 Å². The van der Waals surface area contributed by atoms with Crippen molar-refractivity contribution in [1.82, 2.24) is 24.0 Å². The van der Waals surface area contributed by atoms with Crippen LogP contribution in [0.2, 0.25) is 0 Å². The highest BCUT2D eigenvalue weighted by Gasteiger charge is 2.49. The summed E-state index contributed by atoms with van der Waals surface area (Å²) in [7, 11) is -0.676. The van der Waals surface area contributed by atoms with Crippen LogP contribution in [0.1, 0.15) is 12.3 Å². The van der Waals surface area contributed by atoms with Gasteiger partial charge in [-0.3, -0.25) is 0 Å². The van der Waals surface area contributed by atoms with Crippen molar-refractivity contribution in [2.45, 2.75) is 17.1 Å². The number of hydrogen-bond acceptors (Lipinski definition) is 7. The van der Waals surface area contributed by atoms with E-state index >= 15 is 4.39 Å². The lowest BCUT2D eigenvalue weighted by molar-refractivity contribution is 0.127. The van der Waals surface area contributed by atoms with Crippen LogP contribution in [0.25, 0.3) is 11.4 Å². The zero-order valence-corrected chi connectivity index (χ0v) is 16.1. The number of aromatic nitrogens is 4. The van der Waals surface area contributed by atoms with Gasteiger partial charge in [-0.1, -0.05) is 5.16 Å². The minimum atomic E-state index is -3.89. The average Bonchev–Trinajstić information content (AvgIpc) is 3.42. The Kier molecular flexibility index (Phi) is 4.42. The number of aryl methyl sites for hydroxylation is 1. The molecule has 1 unspecified atom stereocenters. The van der Waals surface area contributed by atoms with Gasteiger partial charge in [-0.25, -0.2) is 17.8 Å². The number of halogens is 1. The highest BCUT2D eigenvalue weighted by Crippen LogP contribution is 2.38. The summed E-state index contributed by atoms with van der Waals surface area (Å²) in [6.45, 7) is -0.411. The maximum Gasteiger partial charge on any atom is 0.266 e. The van der Waals surface area contributed by atoms with Crippen LogP contribution in [0.15, 0.2) is 46.3 Å². The fourth-order valence-corrected chi connectivity index (χ4v) is 4.49. The fraction of sp³-hybridized carbons (Fsp3) is 0.353. The predicted molar refractivity (Wildman–Crippen MR) is 95.7 cm³/mol. The Morgan fingerprint density at radius 1 is 1.29 bits per heavy atom. The van der Waals surface area contributed by atoms with E-state index in [1.165, 1.54) is 17.1 Å². The van der Waals surface area contributed by atoms with E-state index in [1.807, 2.05) is 0 Å². The van der Waals surface area contributed by atoms with E-state index in [1.54, 1.807) is 38.4 Å². The Morgan fingerprint density at radius 3 is 2.68 bits per heavy atom. The molecule has 0 bridgehead atoms. The second kappa shape index (κ2) is 6.67. The van der Waals surface area contributed by atoms with E-state index in [-0.39, 0.29) is 29.7 Å². The van der Waals surface area contributed by atoms with Gasteiger partial charge in [0.1, 0.15) is 5.75 Å². The zero-order valence-electron chi connectivity index (χ0n) is 15.2. The number of imidazole rings is 1. The zero-order chi connectivity index (χ0) is 19.9. The van der Waals surface area contributed by atoms with Crippen LogP contribution < -0.4 is 4.74 Å². The van der Waals surface area contributed by atoms with E-state index < -0.39 is 22.2 Å². The summed E-state index contributed by atoms with van der Waals surface area (Å²) < 4.78 is 53.6. The monoisotopic (exact) mass is 407 g/mol. The number of rotatable bonds is 5. The molecule has 1 aliphatic rings. The molecule has 148 valence electrons. The maximum absolute atomic E-state index is 15.4. The molecule has 4 rings (SSSR count). The van der Waals surface area contributed by atoms with Crippen molar-refractivity contribution >= 4 is 10.0 Å². The lowest BCUT2D eigenvalue weighted by Gasteiger charge is -2.16. The summed E-state index contributed by atoms with van der Waals surface area (Å²) >= 11 is 0. The lowest BCUT2D eigenvalue weighted by Crippen LogP contribution is -2.32. The van der Waals surface area contributed by atoms with Crippen LogP contribution in [-0.2, 0) is 22.7 Å². The Bertz CT molecular complexity index is 1090. The van der Waals surface area contributed by atoms with Crippen LogP contribution in [0.4, 0.5) is 4.39 Å². The molecule has 0 radical (unpaired) electrons. The first kappa shape index (κ1) is 18.6. The third kappa shape index (κ3) is 3.16. The fourth-order valence-electron chi connectivity index (χ4n) is 3.04. The van der Waals surface area contributed by atoms with Gasteiger partial charge >= 0.3 is 0 Å². The molecule has 9 nitrogen and oxygen atoms in total. The maximum atomic E-state index is 15.4. The molecule has 3 aromatic rings. The van der Waals surface area contributed by atoms with Crippen molar-refractivity contribution in [3.05, 3.63) is 42.7 Å². The summed E-state index contributed by atoms with van der Waals surface area (Å²) in [5, 5.41) is 3.71. The van der Waals surface area contributed by atoms with Gasteiger partial charge in [-0.05, 0) is 24.3 Å². The number of ether oxygens (including phenoxy) is 1. The number of benzene rings is 1. The predicted octanol–water partition coefficient (Wildman–Crippen LogP) is 1.74. The molecule has 2 aromatic heterocycles. The van der Waals surface area contributed by atoms with E-state index in [4.69, 9.17) is 9.26 Å². The molecule has 0 aliphatic carbocycles. The molecule has 28 heavy (non-hydrogen) atoms. The lowest BCUT2D eigenvalue weighted by atomic mass is 10.1. The Balaban J connectivity index is 1.56.